The van der Waals surface area contributed by atoms with Crippen molar-refractivity contribution in [1.29, 1.82) is 0 Å². The van der Waals surface area contributed by atoms with E-state index < -0.39 is 0 Å². The summed E-state index contributed by atoms with van der Waals surface area (Å²) < 4.78 is 0. The normalized spacial score (nSPS) is 20.5. The fraction of sp³-hybridized carbons (Fsp3) is 0.739. The van der Waals surface area contributed by atoms with Crippen molar-refractivity contribution in [3.63, 3.8) is 0 Å². The molecular weight excluding hydrogens is 346 g/mol. The Morgan fingerprint density at radius 3 is 2.75 bits per heavy atom. The van der Waals surface area contributed by atoms with Gasteiger partial charge in [-0.3, -0.25) is 4.90 Å². The number of unbranched alkanes of at least 4 members (excludes halogenated alkanes) is 3. The highest BCUT2D eigenvalue weighted by Gasteiger charge is 2.23. The molecule has 0 aliphatic carbocycles. The largest absolute Gasteiger partial charge is 0.356 e. The lowest BCUT2D eigenvalue weighted by Crippen LogP contribution is -2.35. The predicted molar refractivity (Wildman–Crippen MR) is 118 cm³/mol. The van der Waals surface area contributed by atoms with Crippen LogP contribution in [0, 0.1) is 11.8 Å². The number of hydrogen-bond donors (Lipinski definition) is 1. The zero-order chi connectivity index (χ0) is 19.4. The molecule has 154 valence electrons. The lowest BCUT2D eigenvalue weighted by molar-refractivity contribution is 0.295. The average Bonchev–Trinajstić information content (AvgIpc) is 2.99. The first-order valence-corrected chi connectivity index (χ1v) is 11.4. The maximum Gasteiger partial charge on any atom is 0.224 e. The third-order valence-corrected chi connectivity index (χ3v) is 5.88. The molecule has 0 aromatic carbocycles. The van der Waals surface area contributed by atoms with E-state index in [9.17, 15) is 0 Å². The van der Waals surface area contributed by atoms with Gasteiger partial charge in [0.2, 0.25) is 5.95 Å². The van der Waals surface area contributed by atoms with Crippen LogP contribution < -0.4 is 10.2 Å². The molecule has 0 spiro atoms. The van der Waals surface area contributed by atoms with Crippen molar-refractivity contribution in [2.75, 3.05) is 42.9 Å². The lowest BCUT2D eigenvalue weighted by Gasteiger charge is -2.24. The first kappa shape index (κ1) is 20.9. The summed E-state index contributed by atoms with van der Waals surface area (Å²) in [4.78, 5) is 14.2. The van der Waals surface area contributed by atoms with Crippen molar-refractivity contribution >= 4 is 11.8 Å². The van der Waals surface area contributed by atoms with Crippen LogP contribution in [-0.2, 0) is 0 Å². The first-order chi connectivity index (χ1) is 13.9. The molecule has 0 amide bonds. The Labute approximate surface area is 171 Å². The van der Waals surface area contributed by atoms with E-state index in [1.165, 1.54) is 57.8 Å². The van der Waals surface area contributed by atoms with E-state index in [-0.39, 0.29) is 0 Å². The van der Waals surface area contributed by atoms with Crippen molar-refractivity contribution in [3.8, 4) is 11.8 Å². The smallest absolute Gasteiger partial charge is 0.224 e. The Hall–Kier alpha value is -1.80. The SMILES string of the molecule is CCCCCC#CCN1CCCC1CNc1nccc(N2CCCCCC2)n1. The molecule has 3 rings (SSSR count). The number of nitrogens with one attached hydrogen (secondary N) is 1. The molecular formula is C23H37N5. The van der Waals surface area contributed by atoms with E-state index in [0.29, 0.717) is 6.04 Å². The Balaban J connectivity index is 1.47. The van der Waals surface area contributed by atoms with Crippen LogP contribution in [0.5, 0.6) is 0 Å². The number of rotatable bonds is 8. The average molecular weight is 384 g/mol. The summed E-state index contributed by atoms with van der Waals surface area (Å²) in [5.41, 5.74) is 0. The number of likely N-dealkylation sites (tertiary alicyclic amines) is 1. The quantitative estimate of drug-likeness (QED) is 0.535. The van der Waals surface area contributed by atoms with Gasteiger partial charge in [0.1, 0.15) is 5.82 Å². The maximum atomic E-state index is 4.79. The van der Waals surface area contributed by atoms with Gasteiger partial charge in [0.15, 0.2) is 0 Å². The van der Waals surface area contributed by atoms with Crippen LogP contribution >= 0.6 is 0 Å². The molecule has 2 aliphatic rings. The molecule has 28 heavy (non-hydrogen) atoms. The molecule has 1 atom stereocenters. The van der Waals surface area contributed by atoms with Gasteiger partial charge in [-0.25, -0.2) is 4.98 Å². The standard InChI is InChI=1S/C23H37N5/c1-2-3-4-5-6-9-16-27-19-12-13-21(27)20-25-23-24-15-14-22(26-23)28-17-10-7-8-11-18-28/h14-15,21H,2-5,7-8,10-13,16-20H2,1H3,(H,24,25,26). The number of aromatic nitrogens is 2. The fourth-order valence-electron chi connectivity index (χ4n) is 4.16. The van der Waals surface area contributed by atoms with Gasteiger partial charge in [-0.05, 0) is 44.7 Å². The van der Waals surface area contributed by atoms with E-state index in [0.717, 1.165) is 50.9 Å². The fourth-order valence-corrected chi connectivity index (χ4v) is 4.16. The van der Waals surface area contributed by atoms with Crippen LogP contribution in [0.4, 0.5) is 11.8 Å². The number of anilines is 2. The molecule has 1 aromatic rings. The molecule has 2 fully saturated rings. The first-order valence-electron chi connectivity index (χ1n) is 11.4. The van der Waals surface area contributed by atoms with E-state index in [1.54, 1.807) is 0 Å². The Kier molecular flexibility index (Phi) is 8.90. The zero-order valence-electron chi connectivity index (χ0n) is 17.6. The van der Waals surface area contributed by atoms with Crippen molar-refractivity contribution < 1.29 is 0 Å². The summed E-state index contributed by atoms with van der Waals surface area (Å²) >= 11 is 0. The van der Waals surface area contributed by atoms with E-state index >= 15 is 0 Å². The van der Waals surface area contributed by atoms with Gasteiger partial charge in [0.05, 0.1) is 6.54 Å². The molecule has 2 saturated heterocycles. The van der Waals surface area contributed by atoms with Gasteiger partial charge >= 0.3 is 0 Å². The third kappa shape index (κ3) is 6.67. The molecule has 1 N–H and O–H groups in total. The second-order valence-corrected chi connectivity index (χ2v) is 8.10. The zero-order valence-corrected chi connectivity index (χ0v) is 17.6. The van der Waals surface area contributed by atoms with Crippen molar-refractivity contribution in [1.82, 2.24) is 14.9 Å². The van der Waals surface area contributed by atoms with E-state index in [4.69, 9.17) is 4.98 Å². The maximum absolute atomic E-state index is 4.79. The highest BCUT2D eigenvalue weighted by atomic mass is 15.2. The van der Waals surface area contributed by atoms with Gasteiger partial charge in [-0.1, -0.05) is 38.5 Å². The Morgan fingerprint density at radius 1 is 1.07 bits per heavy atom. The summed E-state index contributed by atoms with van der Waals surface area (Å²) in [6.45, 7) is 7.43. The van der Waals surface area contributed by atoms with E-state index in [2.05, 4.69) is 38.9 Å². The monoisotopic (exact) mass is 383 g/mol. The van der Waals surface area contributed by atoms with E-state index in [1.807, 2.05) is 12.3 Å². The summed E-state index contributed by atoms with van der Waals surface area (Å²) in [6, 6.07) is 2.59. The minimum Gasteiger partial charge on any atom is -0.356 e. The second kappa shape index (κ2) is 11.9. The van der Waals surface area contributed by atoms with Gasteiger partial charge in [0.25, 0.3) is 0 Å². The van der Waals surface area contributed by atoms with Crippen LogP contribution in [0.15, 0.2) is 12.3 Å². The van der Waals surface area contributed by atoms with Gasteiger partial charge < -0.3 is 10.2 Å². The van der Waals surface area contributed by atoms with Crippen molar-refractivity contribution in [2.45, 2.75) is 77.2 Å². The molecule has 3 heterocycles. The summed E-state index contributed by atoms with van der Waals surface area (Å²) in [7, 11) is 0. The summed E-state index contributed by atoms with van der Waals surface area (Å²) in [5, 5.41) is 3.49. The highest BCUT2D eigenvalue weighted by Crippen LogP contribution is 2.19. The van der Waals surface area contributed by atoms with Crippen LogP contribution in [-0.4, -0.2) is 53.6 Å². The highest BCUT2D eigenvalue weighted by molar-refractivity contribution is 5.42. The minimum atomic E-state index is 0.537. The van der Waals surface area contributed by atoms with Crippen LogP contribution in [0.3, 0.4) is 0 Å². The minimum absolute atomic E-state index is 0.537. The van der Waals surface area contributed by atoms with Crippen molar-refractivity contribution in [2.24, 2.45) is 0 Å². The Morgan fingerprint density at radius 2 is 1.93 bits per heavy atom. The Bertz CT molecular complexity index is 627. The van der Waals surface area contributed by atoms with Crippen LogP contribution in [0.25, 0.3) is 0 Å². The molecule has 1 aromatic heterocycles. The van der Waals surface area contributed by atoms with Crippen LogP contribution in [0.1, 0.15) is 71.1 Å². The third-order valence-electron chi connectivity index (χ3n) is 5.88. The lowest BCUT2D eigenvalue weighted by atomic mass is 10.2. The summed E-state index contributed by atoms with van der Waals surface area (Å²) in [6.07, 6.45) is 14.4. The molecule has 0 radical (unpaired) electrons. The predicted octanol–water partition coefficient (Wildman–Crippen LogP) is 4.32. The van der Waals surface area contributed by atoms with Crippen LogP contribution in [0.2, 0.25) is 0 Å². The second-order valence-electron chi connectivity index (χ2n) is 8.10. The number of hydrogen-bond acceptors (Lipinski definition) is 5. The summed E-state index contributed by atoms with van der Waals surface area (Å²) in [5.74, 6) is 8.56. The molecule has 5 nitrogen and oxygen atoms in total. The molecule has 5 heteroatoms. The van der Waals surface area contributed by atoms with Crippen molar-refractivity contribution in [3.05, 3.63) is 12.3 Å². The molecule has 0 saturated carbocycles. The van der Waals surface area contributed by atoms with Gasteiger partial charge in [0, 0.05) is 38.3 Å². The van der Waals surface area contributed by atoms with Gasteiger partial charge in [-0.15, -0.1) is 5.92 Å². The topological polar surface area (TPSA) is 44.3 Å². The number of nitrogens with zero attached hydrogens (tertiary/aromatic N) is 4. The molecule has 2 aliphatic heterocycles. The molecule has 1 unspecified atom stereocenters. The van der Waals surface area contributed by atoms with Gasteiger partial charge in [-0.2, -0.15) is 4.98 Å². The molecule has 0 bridgehead atoms.